The Morgan fingerprint density at radius 1 is 1.28 bits per heavy atom. The molecule has 0 amide bonds. The third-order valence-electron chi connectivity index (χ3n) is 2.54. The van der Waals surface area contributed by atoms with Crippen molar-refractivity contribution in [2.45, 2.75) is 27.3 Å². The summed E-state index contributed by atoms with van der Waals surface area (Å²) in [5.74, 6) is 1.44. The molecule has 0 spiro atoms. The van der Waals surface area contributed by atoms with Gasteiger partial charge in [-0.1, -0.05) is 5.16 Å². The number of nitrogens with one attached hydrogen (secondary N) is 1. The zero-order valence-corrected chi connectivity index (χ0v) is 10.4. The second-order valence-corrected chi connectivity index (χ2v) is 3.83. The lowest BCUT2D eigenvalue weighted by Gasteiger charge is -2.07. The zero-order valence-electron chi connectivity index (χ0n) is 10.4. The summed E-state index contributed by atoms with van der Waals surface area (Å²) < 4.78 is 4.96. The molecular formula is C11H12N6O. The minimum absolute atomic E-state index is 0.312. The van der Waals surface area contributed by atoms with Crippen LogP contribution in [-0.2, 0) is 6.54 Å². The number of anilines is 1. The Labute approximate surface area is 104 Å². The first kappa shape index (κ1) is 12.0. The van der Waals surface area contributed by atoms with Crippen molar-refractivity contribution in [3.8, 4) is 6.07 Å². The van der Waals surface area contributed by atoms with Crippen LogP contribution in [-0.4, -0.2) is 20.3 Å². The molecule has 2 heterocycles. The van der Waals surface area contributed by atoms with E-state index in [1.165, 1.54) is 0 Å². The lowest BCUT2D eigenvalue weighted by atomic mass is 10.1. The topological polar surface area (TPSA) is 101 Å². The first-order valence-electron chi connectivity index (χ1n) is 5.39. The lowest BCUT2D eigenvalue weighted by molar-refractivity contribution is 0.379. The molecule has 7 heteroatoms. The Morgan fingerprint density at radius 3 is 2.67 bits per heavy atom. The van der Waals surface area contributed by atoms with Crippen molar-refractivity contribution in [1.82, 2.24) is 20.3 Å². The second kappa shape index (κ2) is 4.79. The average molecular weight is 244 g/mol. The molecule has 2 aromatic heterocycles. The molecule has 0 radical (unpaired) electrons. The maximum atomic E-state index is 9.12. The van der Waals surface area contributed by atoms with Crippen LogP contribution < -0.4 is 5.32 Å². The normalized spacial score (nSPS) is 10.1. The van der Waals surface area contributed by atoms with Crippen molar-refractivity contribution in [3.63, 3.8) is 0 Å². The summed E-state index contributed by atoms with van der Waals surface area (Å²) >= 11 is 0. The Balaban J connectivity index is 2.20. The highest BCUT2D eigenvalue weighted by atomic mass is 16.5. The number of nitriles is 1. The van der Waals surface area contributed by atoms with Crippen LogP contribution in [0.1, 0.15) is 28.5 Å². The fraction of sp³-hybridized carbons (Fsp3) is 0.364. The van der Waals surface area contributed by atoms with Gasteiger partial charge in [0.15, 0.2) is 11.6 Å². The molecule has 0 saturated carbocycles. The SMILES string of the molecule is Cc1noc(CNc2nnc(C)c(C)c2C#N)n1. The van der Waals surface area contributed by atoms with Crippen molar-refractivity contribution < 1.29 is 4.52 Å². The molecule has 1 N–H and O–H groups in total. The minimum Gasteiger partial charge on any atom is -0.358 e. The van der Waals surface area contributed by atoms with Gasteiger partial charge in [0.2, 0.25) is 5.89 Å². The number of hydrogen-bond acceptors (Lipinski definition) is 7. The molecule has 0 aliphatic carbocycles. The fourth-order valence-corrected chi connectivity index (χ4v) is 1.44. The number of aryl methyl sites for hydroxylation is 2. The highest BCUT2D eigenvalue weighted by molar-refractivity contribution is 5.55. The van der Waals surface area contributed by atoms with E-state index in [4.69, 9.17) is 9.78 Å². The van der Waals surface area contributed by atoms with E-state index in [9.17, 15) is 0 Å². The van der Waals surface area contributed by atoms with Crippen LogP contribution >= 0.6 is 0 Å². The molecular weight excluding hydrogens is 232 g/mol. The Bertz CT molecular complexity index is 612. The van der Waals surface area contributed by atoms with Gasteiger partial charge in [0.1, 0.15) is 11.6 Å². The molecule has 18 heavy (non-hydrogen) atoms. The molecule has 0 unspecified atom stereocenters. The smallest absolute Gasteiger partial charge is 0.245 e. The Hall–Kier alpha value is -2.49. The number of nitrogens with zero attached hydrogens (tertiary/aromatic N) is 5. The van der Waals surface area contributed by atoms with Gasteiger partial charge in [0, 0.05) is 0 Å². The van der Waals surface area contributed by atoms with E-state index in [1.807, 2.05) is 13.8 Å². The van der Waals surface area contributed by atoms with E-state index in [2.05, 4.69) is 31.7 Å². The molecule has 0 aliphatic rings. The quantitative estimate of drug-likeness (QED) is 0.867. The van der Waals surface area contributed by atoms with Gasteiger partial charge in [-0.3, -0.25) is 0 Å². The summed E-state index contributed by atoms with van der Waals surface area (Å²) in [6.45, 7) is 5.70. The Kier molecular flexibility index (Phi) is 3.19. The number of rotatable bonds is 3. The third-order valence-corrected chi connectivity index (χ3v) is 2.54. The first-order chi connectivity index (χ1) is 8.61. The molecule has 2 aromatic rings. The first-order valence-corrected chi connectivity index (χ1v) is 5.39. The van der Waals surface area contributed by atoms with Crippen LogP contribution in [0.2, 0.25) is 0 Å². The van der Waals surface area contributed by atoms with Crippen molar-refractivity contribution in [2.75, 3.05) is 5.32 Å². The van der Waals surface area contributed by atoms with E-state index >= 15 is 0 Å². The molecule has 0 aliphatic heterocycles. The fourth-order valence-electron chi connectivity index (χ4n) is 1.44. The van der Waals surface area contributed by atoms with E-state index in [0.29, 0.717) is 29.6 Å². The van der Waals surface area contributed by atoms with E-state index in [-0.39, 0.29) is 0 Å². The molecule has 0 fully saturated rings. The van der Waals surface area contributed by atoms with Gasteiger partial charge in [-0.2, -0.15) is 15.3 Å². The standard InChI is InChI=1S/C11H12N6O/c1-6-7(2)15-16-11(9(6)4-12)13-5-10-14-8(3)17-18-10/h5H2,1-3H3,(H,13,16). The van der Waals surface area contributed by atoms with Crippen molar-refractivity contribution >= 4 is 5.82 Å². The molecule has 0 atom stereocenters. The lowest BCUT2D eigenvalue weighted by Crippen LogP contribution is -2.07. The number of aromatic nitrogens is 4. The second-order valence-electron chi connectivity index (χ2n) is 3.83. The maximum absolute atomic E-state index is 9.12. The van der Waals surface area contributed by atoms with Crippen molar-refractivity contribution in [3.05, 3.63) is 28.5 Å². The largest absolute Gasteiger partial charge is 0.358 e. The van der Waals surface area contributed by atoms with Crippen LogP contribution in [0, 0.1) is 32.1 Å². The van der Waals surface area contributed by atoms with Gasteiger partial charge < -0.3 is 9.84 Å². The number of hydrogen-bond donors (Lipinski definition) is 1. The van der Waals surface area contributed by atoms with Crippen molar-refractivity contribution in [2.24, 2.45) is 0 Å². The third kappa shape index (κ3) is 2.27. The minimum atomic E-state index is 0.312. The van der Waals surface area contributed by atoms with Gasteiger partial charge in [0.25, 0.3) is 0 Å². The van der Waals surface area contributed by atoms with Crippen LogP contribution in [0.4, 0.5) is 5.82 Å². The van der Waals surface area contributed by atoms with Crippen LogP contribution in [0.25, 0.3) is 0 Å². The maximum Gasteiger partial charge on any atom is 0.245 e. The average Bonchev–Trinajstić information content (AvgIpc) is 2.77. The summed E-state index contributed by atoms with van der Waals surface area (Å²) in [5, 5.41) is 23.7. The zero-order chi connectivity index (χ0) is 13.1. The van der Waals surface area contributed by atoms with Gasteiger partial charge in [-0.25, -0.2) is 0 Å². The molecule has 0 aromatic carbocycles. The highest BCUT2D eigenvalue weighted by Crippen LogP contribution is 2.17. The monoisotopic (exact) mass is 244 g/mol. The molecule has 0 saturated heterocycles. The molecule has 7 nitrogen and oxygen atoms in total. The summed E-state index contributed by atoms with van der Waals surface area (Å²) in [5.41, 5.74) is 2.04. The van der Waals surface area contributed by atoms with Gasteiger partial charge in [0.05, 0.1) is 12.2 Å². The van der Waals surface area contributed by atoms with Crippen molar-refractivity contribution in [1.29, 1.82) is 5.26 Å². The molecule has 0 bridgehead atoms. The van der Waals surface area contributed by atoms with Crippen LogP contribution in [0.15, 0.2) is 4.52 Å². The predicted octanol–water partition coefficient (Wildman–Crippen LogP) is 1.27. The predicted molar refractivity (Wildman–Crippen MR) is 62.6 cm³/mol. The van der Waals surface area contributed by atoms with Gasteiger partial charge in [-0.15, -0.1) is 5.10 Å². The van der Waals surface area contributed by atoms with E-state index < -0.39 is 0 Å². The van der Waals surface area contributed by atoms with Gasteiger partial charge in [-0.05, 0) is 26.3 Å². The highest BCUT2D eigenvalue weighted by Gasteiger charge is 2.11. The summed E-state index contributed by atoms with van der Waals surface area (Å²) in [4.78, 5) is 4.05. The summed E-state index contributed by atoms with van der Waals surface area (Å²) in [7, 11) is 0. The van der Waals surface area contributed by atoms with Gasteiger partial charge >= 0.3 is 0 Å². The summed E-state index contributed by atoms with van der Waals surface area (Å²) in [6.07, 6.45) is 0. The Morgan fingerprint density at radius 2 is 2.06 bits per heavy atom. The van der Waals surface area contributed by atoms with Crippen LogP contribution in [0.3, 0.4) is 0 Å². The molecule has 92 valence electrons. The van der Waals surface area contributed by atoms with E-state index in [1.54, 1.807) is 6.92 Å². The van der Waals surface area contributed by atoms with E-state index in [0.717, 1.165) is 11.3 Å². The molecule has 2 rings (SSSR count). The summed E-state index contributed by atoms with van der Waals surface area (Å²) in [6, 6.07) is 2.11. The van der Waals surface area contributed by atoms with Crippen LogP contribution in [0.5, 0.6) is 0 Å².